The first-order chi connectivity index (χ1) is 8.66. The number of rotatable bonds is 3. The molecule has 0 radical (unpaired) electrons. The molecule has 0 saturated heterocycles. The number of carbonyl (C=O) groups excluding carboxylic acids is 1. The van der Waals surface area contributed by atoms with Crippen molar-refractivity contribution in [3.05, 3.63) is 52.4 Å². The lowest BCUT2D eigenvalue weighted by Gasteiger charge is -1.99. The van der Waals surface area contributed by atoms with Gasteiger partial charge in [0.25, 0.3) is 5.91 Å². The van der Waals surface area contributed by atoms with E-state index >= 15 is 0 Å². The van der Waals surface area contributed by atoms with Gasteiger partial charge in [-0.1, -0.05) is 15.9 Å². The number of hydrogen-bond donors (Lipinski definition) is 2. The summed E-state index contributed by atoms with van der Waals surface area (Å²) in [5.74, 6) is -0.303. The smallest absolute Gasteiger partial charge is 0.274 e. The zero-order valence-corrected chi connectivity index (χ0v) is 10.7. The van der Waals surface area contributed by atoms with Crippen molar-refractivity contribution in [1.82, 2.24) is 5.43 Å². The van der Waals surface area contributed by atoms with Gasteiger partial charge in [-0.2, -0.15) is 5.10 Å². The topological polar surface area (TPSA) is 74.8 Å². The minimum atomic E-state index is -0.378. The predicted octanol–water partition coefficient (Wildman–Crippen LogP) is 2.51. The Balaban J connectivity index is 2.01. The number of phenols is 1. The Bertz CT molecular complexity index is 579. The lowest BCUT2D eigenvalue weighted by Crippen LogP contribution is -2.16. The highest BCUT2D eigenvalue weighted by Crippen LogP contribution is 2.20. The van der Waals surface area contributed by atoms with Gasteiger partial charge in [0, 0.05) is 10.0 Å². The van der Waals surface area contributed by atoms with Crippen LogP contribution in [0.5, 0.6) is 5.75 Å². The molecule has 0 atom stereocenters. The van der Waals surface area contributed by atoms with E-state index in [2.05, 4.69) is 26.5 Å². The molecule has 2 N–H and O–H groups in total. The Morgan fingerprint density at radius 3 is 2.94 bits per heavy atom. The summed E-state index contributed by atoms with van der Waals surface area (Å²) in [4.78, 5) is 11.5. The van der Waals surface area contributed by atoms with Gasteiger partial charge in [-0.15, -0.1) is 0 Å². The van der Waals surface area contributed by atoms with Gasteiger partial charge in [-0.25, -0.2) is 5.43 Å². The van der Waals surface area contributed by atoms with E-state index < -0.39 is 0 Å². The maximum absolute atomic E-state index is 11.5. The number of amides is 1. The molecule has 92 valence electrons. The van der Waals surface area contributed by atoms with Crippen molar-refractivity contribution in [2.45, 2.75) is 0 Å². The summed E-state index contributed by atoms with van der Waals surface area (Å²) in [6, 6.07) is 6.51. The molecule has 1 heterocycles. The van der Waals surface area contributed by atoms with Crippen LogP contribution in [0.3, 0.4) is 0 Å². The van der Waals surface area contributed by atoms with Gasteiger partial charge in [0.2, 0.25) is 0 Å². The van der Waals surface area contributed by atoms with E-state index in [0.29, 0.717) is 11.1 Å². The summed E-state index contributed by atoms with van der Waals surface area (Å²) >= 11 is 3.23. The highest BCUT2D eigenvalue weighted by molar-refractivity contribution is 9.10. The molecule has 1 aromatic heterocycles. The monoisotopic (exact) mass is 308 g/mol. The van der Waals surface area contributed by atoms with Gasteiger partial charge >= 0.3 is 0 Å². The predicted molar refractivity (Wildman–Crippen MR) is 69.6 cm³/mol. The molecular formula is C12H9BrN2O3. The lowest BCUT2D eigenvalue weighted by molar-refractivity contribution is 0.0954. The average Bonchev–Trinajstić information content (AvgIpc) is 2.85. The molecule has 0 bridgehead atoms. The standard InChI is InChI=1S/C12H9BrN2O3/c13-10-2-1-8(11(16)5-10)6-14-15-12(17)9-3-4-18-7-9/h1-7,16H,(H,15,17)/b14-6-. The summed E-state index contributed by atoms with van der Waals surface area (Å²) in [5.41, 5.74) is 3.21. The number of hydrogen-bond acceptors (Lipinski definition) is 4. The highest BCUT2D eigenvalue weighted by atomic mass is 79.9. The number of furan rings is 1. The Kier molecular flexibility index (Phi) is 3.78. The van der Waals surface area contributed by atoms with E-state index in [4.69, 9.17) is 4.42 Å². The molecule has 1 amide bonds. The van der Waals surface area contributed by atoms with Gasteiger partial charge < -0.3 is 9.52 Å². The van der Waals surface area contributed by atoms with Gasteiger partial charge in [-0.3, -0.25) is 4.79 Å². The van der Waals surface area contributed by atoms with Crippen LogP contribution in [-0.4, -0.2) is 17.2 Å². The fourth-order valence-electron chi connectivity index (χ4n) is 1.24. The fraction of sp³-hybridized carbons (Fsp3) is 0. The van der Waals surface area contributed by atoms with Crippen LogP contribution in [0.4, 0.5) is 0 Å². The molecule has 0 unspecified atom stereocenters. The summed E-state index contributed by atoms with van der Waals surface area (Å²) in [7, 11) is 0. The van der Waals surface area contributed by atoms with Crippen LogP contribution in [0.2, 0.25) is 0 Å². The molecule has 0 aliphatic heterocycles. The first kappa shape index (κ1) is 12.4. The maximum Gasteiger partial charge on any atom is 0.274 e. The van der Waals surface area contributed by atoms with E-state index in [1.165, 1.54) is 24.8 Å². The summed E-state index contributed by atoms with van der Waals surface area (Å²) in [6.07, 6.45) is 4.08. The molecule has 1 aromatic carbocycles. The van der Waals surface area contributed by atoms with E-state index in [-0.39, 0.29) is 11.7 Å². The van der Waals surface area contributed by atoms with Crippen molar-refractivity contribution in [1.29, 1.82) is 0 Å². The molecule has 2 aromatic rings. The minimum Gasteiger partial charge on any atom is -0.507 e. The van der Waals surface area contributed by atoms with Gasteiger partial charge in [0.1, 0.15) is 12.0 Å². The van der Waals surface area contributed by atoms with Crippen molar-refractivity contribution in [2.75, 3.05) is 0 Å². The van der Waals surface area contributed by atoms with Crippen molar-refractivity contribution < 1.29 is 14.3 Å². The van der Waals surface area contributed by atoms with Crippen LogP contribution in [0.15, 0.2) is 50.8 Å². The molecular weight excluding hydrogens is 300 g/mol. The van der Waals surface area contributed by atoms with E-state index in [1.54, 1.807) is 18.2 Å². The zero-order valence-electron chi connectivity index (χ0n) is 9.13. The minimum absolute atomic E-state index is 0.0747. The molecule has 2 rings (SSSR count). The van der Waals surface area contributed by atoms with E-state index in [1.807, 2.05) is 0 Å². The quantitative estimate of drug-likeness (QED) is 0.676. The van der Waals surface area contributed by atoms with E-state index in [9.17, 15) is 9.90 Å². The number of nitrogens with one attached hydrogen (secondary N) is 1. The number of benzene rings is 1. The van der Waals surface area contributed by atoms with Crippen LogP contribution in [0.25, 0.3) is 0 Å². The van der Waals surface area contributed by atoms with Crippen molar-refractivity contribution in [3.8, 4) is 5.75 Å². The third kappa shape index (κ3) is 2.98. The van der Waals surface area contributed by atoms with Crippen LogP contribution in [-0.2, 0) is 0 Å². The summed E-state index contributed by atoms with van der Waals surface area (Å²) in [6.45, 7) is 0. The van der Waals surface area contributed by atoms with Gasteiger partial charge in [0.15, 0.2) is 0 Å². The van der Waals surface area contributed by atoms with Crippen molar-refractivity contribution >= 4 is 28.1 Å². The number of aromatic hydroxyl groups is 1. The van der Waals surface area contributed by atoms with Crippen LogP contribution >= 0.6 is 15.9 Å². The lowest BCUT2D eigenvalue weighted by atomic mass is 10.2. The Labute approximate surface area is 111 Å². The maximum atomic E-state index is 11.5. The molecule has 0 saturated carbocycles. The third-order valence-electron chi connectivity index (χ3n) is 2.15. The Hall–Kier alpha value is -2.08. The number of carbonyl (C=O) groups is 1. The molecule has 0 spiro atoms. The number of phenolic OH excluding ortho intramolecular Hbond substituents is 1. The SMILES string of the molecule is O=C(N/N=C\c1ccc(Br)cc1O)c1ccoc1. The Morgan fingerprint density at radius 2 is 2.28 bits per heavy atom. The summed E-state index contributed by atoms with van der Waals surface area (Å²) < 4.78 is 5.54. The van der Waals surface area contributed by atoms with Crippen LogP contribution in [0.1, 0.15) is 15.9 Å². The molecule has 0 fully saturated rings. The summed E-state index contributed by atoms with van der Waals surface area (Å²) in [5, 5.41) is 13.3. The third-order valence-corrected chi connectivity index (χ3v) is 2.64. The number of halogens is 1. The Morgan fingerprint density at radius 1 is 1.44 bits per heavy atom. The second kappa shape index (κ2) is 5.50. The molecule has 0 aliphatic carbocycles. The average molecular weight is 309 g/mol. The van der Waals surface area contributed by atoms with Gasteiger partial charge in [0.05, 0.1) is 18.0 Å². The largest absolute Gasteiger partial charge is 0.507 e. The normalized spacial score (nSPS) is 10.7. The van der Waals surface area contributed by atoms with Crippen molar-refractivity contribution in [3.63, 3.8) is 0 Å². The highest BCUT2D eigenvalue weighted by Gasteiger charge is 2.04. The molecule has 0 aliphatic rings. The van der Waals surface area contributed by atoms with Crippen LogP contribution in [0, 0.1) is 0 Å². The van der Waals surface area contributed by atoms with E-state index in [0.717, 1.165) is 4.47 Å². The first-order valence-electron chi connectivity index (χ1n) is 5.01. The molecule has 18 heavy (non-hydrogen) atoms. The second-order valence-corrected chi connectivity index (χ2v) is 4.33. The first-order valence-corrected chi connectivity index (χ1v) is 5.80. The second-order valence-electron chi connectivity index (χ2n) is 3.41. The van der Waals surface area contributed by atoms with Gasteiger partial charge in [-0.05, 0) is 24.3 Å². The zero-order chi connectivity index (χ0) is 13.0. The van der Waals surface area contributed by atoms with Crippen LogP contribution < -0.4 is 5.43 Å². The molecule has 6 heteroatoms. The van der Waals surface area contributed by atoms with Crippen molar-refractivity contribution in [2.24, 2.45) is 5.10 Å². The number of nitrogens with zero attached hydrogens (tertiary/aromatic N) is 1. The number of hydrazone groups is 1. The molecule has 5 nitrogen and oxygen atoms in total. The fourth-order valence-corrected chi connectivity index (χ4v) is 1.59.